The van der Waals surface area contributed by atoms with Crippen LogP contribution in [0.2, 0.25) is 0 Å². The van der Waals surface area contributed by atoms with Crippen molar-refractivity contribution in [3.63, 3.8) is 0 Å². The van der Waals surface area contributed by atoms with E-state index < -0.39 is 18.1 Å². The van der Waals surface area contributed by atoms with Crippen molar-refractivity contribution < 1.29 is 19.4 Å². The zero-order chi connectivity index (χ0) is 10.0. The molecule has 0 aliphatic carbocycles. The second kappa shape index (κ2) is 5.02. The molecule has 0 saturated carbocycles. The number of hydrogen-bond donors (Lipinski definition) is 2. The van der Waals surface area contributed by atoms with Crippen LogP contribution in [0.4, 0.5) is 4.79 Å². The molecule has 0 unspecified atom stereocenters. The van der Waals surface area contributed by atoms with Crippen LogP contribution in [0.25, 0.3) is 0 Å². The normalized spacial score (nSPS) is 25.4. The Morgan fingerprint density at radius 2 is 2.14 bits per heavy atom. The molecule has 0 spiro atoms. The van der Waals surface area contributed by atoms with E-state index in [4.69, 9.17) is 10.8 Å². The number of likely N-dealkylation sites (tertiary alicyclic amines) is 1. The SMILES string of the molecule is COC(=O)[C@@H]1C[C@H](N)CN1C(=O)O.Cl. The van der Waals surface area contributed by atoms with Gasteiger partial charge in [-0.1, -0.05) is 0 Å². The summed E-state index contributed by atoms with van der Waals surface area (Å²) >= 11 is 0. The van der Waals surface area contributed by atoms with Crippen molar-refractivity contribution >= 4 is 24.5 Å². The molecule has 6 nitrogen and oxygen atoms in total. The molecule has 1 amide bonds. The number of halogens is 1. The van der Waals surface area contributed by atoms with E-state index >= 15 is 0 Å². The average Bonchev–Trinajstić information content (AvgIpc) is 2.46. The molecule has 1 rings (SSSR count). The van der Waals surface area contributed by atoms with E-state index in [2.05, 4.69) is 4.74 Å². The third kappa shape index (κ3) is 2.49. The van der Waals surface area contributed by atoms with E-state index in [-0.39, 0.29) is 25.0 Å². The highest BCUT2D eigenvalue weighted by molar-refractivity contribution is 5.85. The number of rotatable bonds is 1. The van der Waals surface area contributed by atoms with Crippen LogP contribution in [0.1, 0.15) is 6.42 Å². The van der Waals surface area contributed by atoms with Crippen LogP contribution in [0, 0.1) is 0 Å². The minimum absolute atomic E-state index is 0. The summed E-state index contributed by atoms with van der Waals surface area (Å²) in [4.78, 5) is 22.7. The van der Waals surface area contributed by atoms with Crippen molar-refractivity contribution in [1.29, 1.82) is 0 Å². The summed E-state index contributed by atoms with van der Waals surface area (Å²) in [6.45, 7) is 0.190. The standard InChI is InChI=1S/C7H12N2O4.ClH/c1-13-6(10)5-2-4(8)3-9(5)7(11)12;/h4-5H,2-3,8H2,1H3,(H,11,12);1H/t4-,5-;/m0./s1. The number of carboxylic acid groups (broad SMARTS) is 1. The monoisotopic (exact) mass is 224 g/mol. The maximum atomic E-state index is 11.1. The number of nitrogens with zero attached hydrogens (tertiary/aromatic N) is 1. The van der Waals surface area contributed by atoms with Gasteiger partial charge in [-0.25, -0.2) is 9.59 Å². The van der Waals surface area contributed by atoms with Gasteiger partial charge in [0, 0.05) is 12.6 Å². The first-order chi connectivity index (χ1) is 6.06. The molecule has 0 radical (unpaired) electrons. The molecule has 7 heteroatoms. The molecule has 82 valence electrons. The molecule has 14 heavy (non-hydrogen) atoms. The quantitative estimate of drug-likeness (QED) is 0.595. The lowest BCUT2D eigenvalue weighted by Gasteiger charge is -2.18. The maximum absolute atomic E-state index is 11.1. The summed E-state index contributed by atoms with van der Waals surface area (Å²) in [6, 6.07) is -1.02. The van der Waals surface area contributed by atoms with Crippen LogP contribution in [-0.4, -0.2) is 47.8 Å². The Labute approximate surface area is 87.4 Å². The van der Waals surface area contributed by atoms with Crippen molar-refractivity contribution in [3.05, 3.63) is 0 Å². The average molecular weight is 225 g/mol. The van der Waals surface area contributed by atoms with Gasteiger partial charge in [0.1, 0.15) is 6.04 Å². The largest absolute Gasteiger partial charge is 0.467 e. The molecule has 0 aromatic heterocycles. The second-order valence-electron chi connectivity index (χ2n) is 2.97. The highest BCUT2D eigenvalue weighted by Crippen LogP contribution is 2.17. The van der Waals surface area contributed by atoms with Gasteiger partial charge in [0.25, 0.3) is 0 Å². The van der Waals surface area contributed by atoms with Gasteiger partial charge in [0.2, 0.25) is 0 Å². The van der Waals surface area contributed by atoms with Gasteiger partial charge in [0.15, 0.2) is 0 Å². The summed E-state index contributed by atoms with van der Waals surface area (Å²) < 4.78 is 4.46. The van der Waals surface area contributed by atoms with Crippen molar-refractivity contribution in [1.82, 2.24) is 4.90 Å². The highest BCUT2D eigenvalue weighted by atomic mass is 35.5. The van der Waals surface area contributed by atoms with Crippen LogP contribution >= 0.6 is 12.4 Å². The summed E-state index contributed by atoms with van der Waals surface area (Å²) in [6.07, 6.45) is -0.803. The van der Waals surface area contributed by atoms with Gasteiger partial charge >= 0.3 is 12.1 Å². The number of carbonyl (C=O) groups excluding carboxylic acids is 1. The van der Waals surface area contributed by atoms with Gasteiger partial charge in [-0.15, -0.1) is 12.4 Å². The van der Waals surface area contributed by atoms with Crippen molar-refractivity contribution in [3.8, 4) is 0 Å². The summed E-state index contributed by atoms with van der Waals surface area (Å²) in [7, 11) is 1.23. The lowest BCUT2D eigenvalue weighted by molar-refractivity contribution is -0.145. The minimum atomic E-state index is -1.14. The Morgan fingerprint density at radius 3 is 2.57 bits per heavy atom. The molecule has 1 aliphatic heterocycles. The first kappa shape index (κ1) is 13.0. The zero-order valence-corrected chi connectivity index (χ0v) is 8.49. The van der Waals surface area contributed by atoms with Crippen molar-refractivity contribution in [2.45, 2.75) is 18.5 Å². The van der Waals surface area contributed by atoms with Crippen LogP contribution in [0.5, 0.6) is 0 Å². The molecule has 3 N–H and O–H groups in total. The molecule has 0 bridgehead atoms. The van der Waals surface area contributed by atoms with Gasteiger partial charge in [0.05, 0.1) is 7.11 Å². The molecule has 1 fully saturated rings. The maximum Gasteiger partial charge on any atom is 0.408 e. The van der Waals surface area contributed by atoms with Crippen LogP contribution in [-0.2, 0) is 9.53 Å². The lowest BCUT2D eigenvalue weighted by Crippen LogP contribution is -2.40. The predicted octanol–water partition coefficient (Wildman–Crippen LogP) is -0.339. The highest BCUT2D eigenvalue weighted by Gasteiger charge is 2.38. The number of methoxy groups -OCH3 is 1. The summed E-state index contributed by atoms with van der Waals surface area (Å²) in [5.41, 5.74) is 5.53. The fourth-order valence-corrected chi connectivity index (χ4v) is 1.44. The Hall–Kier alpha value is -1.01. The number of hydrogen-bond acceptors (Lipinski definition) is 4. The molecular formula is C7H13ClN2O4. The molecular weight excluding hydrogens is 212 g/mol. The Morgan fingerprint density at radius 1 is 1.57 bits per heavy atom. The first-order valence-corrected chi connectivity index (χ1v) is 3.89. The third-order valence-corrected chi connectivity index (χ3v) is 2.05. The fraction of sp³-hybridized carbons (Fsp3) is 0.714. The third-order valence-electron chi connectivity index (χ3n) is 2.05. The number of ether oxygens (including phenoxy) is 1. The first-order valence-electron chi connectivity index (χ1n) is 3.89. The van der Waals surface area contributed by atoms with Crippen LogP contribution in [0.15, 0.2) is 0 Å². The van der Waals surface area contributed by atoms with Gasteiger partial charge in [-0.3, -0.25) is 4.90 Å². The Kier molecular flexibility index (Phi) is 4.65. The topological polar surface area (TPSA) is 92.9 Å². The number of nitrogens with two attached hydrogens (primary N) is 1. The Balaban J connectivity index is 0.00000169. The van der Waals surface area contributed by atoms with Gasteiger partial charge < -0.3 is 15.6 Å². The lowest BCUT2D eigenvalue weighted by atomic mass is 10.2. The smallest absolute Gasteiger partial charge is 0.408 e. The van der Waals surface area contributed by atoms with E-state index in [1.165, 1.54) is 7.11 Å². The summed E-state index contributed by atoms with van der Waals surface area (Å²) in [5, 5.41) is 8.71. The molecule has 0 aromatic rings. The van der Waals surface area contributed by atoms with Crippen molar-refractivity contribution in [2.24, 2.45) is 5.73 Å². The van der Waals surface area contributed by atoms with E-state index in [0.29, 0.717) is 6.42 Å². The molecule has 2 atom stereocenters. The second-order valence-corrected chi connectivity index (χ2v) is 2.97. The number of esters is 1. The van der Waals surface area contributed by atoms with E-state index in [1.807, 2.05) is 0 Å². The van der Waals surface area contributed by atoms with Gasteiger partial charge in [-0.2, -0.15) is 0 Å². The minimum Gasteiger partial charge on any atom is -0.467 e. The van der Waals surface area contributed by atoms with E-state index in [9.17, 15) is 9.59 Å². The zero-order valence-electron chi connectivity index (χ0n) is 7.67. The van der Waals surface area contributed by atoms with Crippen LogP contribution < -0.4 is 5.73 Å². The fourth-order valence-electron chi connectivity index (χ4n) is 1.44. The molecule has 1 saturated heterocycles. The number of amides is 1. The molecule has 1 aliphatic rings. The number of carbonyl (C=O) groups is 2. The van der Waals surface area contributed by atoms with Gasteiger partial charge in [-0.05, 0) is 6.42 Å². The predicted molar refractivity (Wildman–Crippen MR) is 50.4 cm³/mol. The van der Waals surface area contributed by atoms with E-state index in [1.54, 1.807) is 0 Å². The molecule has 0 aromatic carbocycles. The molecule has 1 heterocycles. The summed E-state index contributed by atoms with van der Waals surface area (Å²) in [5.74, 6) is -0.546. The van der Waals surface area contributed by atoms with Crippen LogP contribution in [0.3, 0.4) is 0 Å². The Bertz CT molecular complexity index is 236. The van der Waals surface area contributed by atoms with Crippen molar-refractivity contribution in [2.75, 3.05) is 13.7 Å². The van der Waals surface area contributed by atoms with E-state index in [0.717, 1.165) is 4.90 Å².